The van der Waals surface area contributed by atoms with Crippen molar-refractivity contribution in [2.45, 2.75) is 13.5 Å². The first-order valence-corrected chi connectivity index (χ1v) is 9.16. The van der Waals surface area contributed by atoms with Crippen molar-refractivity contribution in [2.75, 3.05) is 4.90 Å². The highest BCUT2D eigenvalue weighted by Crippen LogP contribution is 2.26. The van der Waals surface area contributed by atoms with Crippen LogP contribution in [0.5, 0.6) is 0 Å². The Bertz CT molecular complexity index is 1190. The van der Waals surface area contributed by atoms with Gasteiger partial charge in [-0.1, -0.05) is 42.0 Å². The number of rotatable bonds is 4. The number of fused-ring (bicyclic) bond motifs is 1. The summed E-state index contributed by atoms with van der Waals surface area (Å²) >= 11 is 0. The summed E-state index contributed by atoms with van der Waals surface area (Å²) in [5.41, 5.74) is 3.01. The number of nitrogens with one attached hydrogen (secondary N) is 1. The van der Waals surface area contributed by atoms with Crippen LogP contribution in [0.1, 0.15) is 11.1 Å². The lowest BCUT2D eigenvalue weighted by Crippen LogP contribution is -2.54. The maximum atomic E-state index is 13.1. The maximum Gasteiger partial charge on any atom is 0.335 e. The largest absolute Gasteiger partial charge is 0.343 e. The van der Waals surface area contributed by atoms with Gasteiger partial charge in [-0.25, -0.2) is 9.69 Å². The van der Waals surface area contributed by atoms with E-state index >= 15 is 0 Å². The molecule has 0 unspecified atom stereocenters. The van der Waals surface area contributed by atoms with Gasteiger partial charge in [-0.15, -0.1) is 6.58 Å². The summed E-state index contributed by atoms with van der Waals surface area (Å²) in [4.78, 5) is 38.8. The van der Waals surface area contributed by atoms with Gasteiger partial charge in [-0.3, -0.25) is 14.9 Å². The Morgan fingerprint density at radius 3 is 2.48 bits per heavy atom. The number of carbonyl (C=O) groups excluding carboxylic acids is 3. The summed E-state index contributed by atoms with van der Waals surface area (Å²) < 4.78 is 1.99. The average Bonchev–Trinajstić information content (AvgIpc) is 3.04. The molecule has 0 spiro atoms. The number of carbonyl (C=O) groups is 3. The first kappa shape index (κ1) is 18.4. The van der Waals surface area contributed by atoms with Crippen LogP contribution in [0.15, 0.2) is 73.0 Å². The normalized spacial score (nSPS) is 15.8. The van der Waals surface area contributed by atoms with E-state index in [2.05, 4.69) is 11.9 Å². The molecule has 1 fully saturated rings. The summed E-state index contributed by atoms with van der Waals surface area (Å²) in [5, 5.41) is 3.16. The molecule has 2 aromatic carbocycles. The van der Waals surface area contributed by atoms with Crippen molar-refractivity contribution in [1.29, 1.82) is 0 Å². The van der Waals surface area contributed by atoms with Gasteiger partial charge in [0.1, 0.15) is 5.57 Å². The van der Waals surface area contributed by atoms with Crippen molar-refractivity contribution in [2.24, 2.45) is 0 Å². The van der Waals surface area contributed by atoms with Crippen LogP contribution >= 0.6 is 0 Å². The summed E-state index contributed by atoms with van der Waals surface area (Å²) in [5.74, 6) is -1.35. The second-order valence-electron chi connectivity index (χ2n) is 6.84. The maximum absolute atomic E-state index is 13.1. The molecule has 4 amide bonds. The Kier molecular flexibility index (Phi) is 4.60. The van der Waals surface area contributed by atoms with Gasteiger partial charge in [0.2, 0.25) is 0 Å². The molecule has 1 aliphatic rings. The number of hydrogen-bond acceptors (Lipinski definition) is 3. The van der Waals surface area contributed by atoms with Gasteiger partial charge in [0.05, 0.1) is 5.69 Å². The highest BCUT2D eigenvalue weighted by Gasteiger charge is 2.36. The van der Waals surface area contributed by atoms with Crippen LogP contribution in [0, 0.1) is 6.92 Å². The number of anilines is 1. The lowest BCUT2D eigenvalue weighted by molar-refractivity contribution is -0.122. The number of imide groups is 2. The molecule has 144 valence electrons. The smallest absolute Gasteiger partial charge is 0.335 e. The van der Waals surface area contributed by atoms with Crippen molar-refractivity contribution in [3.63, 3.8) is 0 Å². The zero-order chi connectivity index (χ0) is 20.5. The predicted molar refractivity (Wildman–Crippen MR) is 112 cm³/mol. The average molecular weight is 385 g/mol. The van der Waals surface area contributed by atoms with Crippen molar-refractivity contribution in [3.8, 4) is 0 Å². The van der Waals surface area contributed by atoms with Gasteiger partial charge in [-0.2, -0.15) is 0 Å². The molecule has 1 aromatic heterocycles. The van der Waals surface area contributed by atoms with Gasteiger partial charge >= 0.3 is 6.03 Å². The number of urea groups is 1. The molecule has 4 rings (SSSR count). The van der Waals surface area contributed by atoms with E-state index in [9.17, 15) is 14.4 Å². The van der Waals surface area contributed by atoms with E-state index in [-0.39, 0.29) is 5.57 Å². The molecule has 1 saturated heterocycles. The van der Waals surface area contributed by atoms with Gasteiger partial charge in [0.25, 0.3) is 11.8 Å². The minimum absolute atomic E-state index is 0.0910. The summed E-state index contributed by atoms with van der Waals surface area (Å²) in [6.45, 7) is 6.28. The van der Waals surface area contributed by atoms with Gasteiger partial charge in [0.15, 0.2) is 0 Å². The lowest BCUT2D eigenvalue weighted by atomic mass is 10.1. The third-order valence-electron chi connectivity index (χ3n) is 4.84. The first-order chi connectivity index (χ1) is 14.0. The van der Waals surface area contributed by atoms with E-state index in [0.29, 0.717) is 12.2 Å². The number of amides is 4. The van der Waals surface area contributed by atoms with Crippen LogP contribution in [0.25, 0.3) is 17.0 Å². The quantitative estimate of drug-likeness (QED) is 0.422. The SMILES string of the molecule is C=CCn1cc(/C=C2\C(=O)NC(=O)N(c3ccc(C)cc3)C2=O)c2ccccc21. The number of barbiturate groups is 1. The molecule has 0 atom stereocenters. The Balaban J connectivity index is 1.80. The van der Waals surface area contributed by atoms with E-state index in [4.69, 9.17) is 0 Å². The number of nitrogens with zero attached hydrogens (tertiary/aromatic N) is 2. The van der Waals surface area contributed by atoms with E-state index in [0.717, 1.165) is 26.9 Å². The van der Waals surface area contributed by atoms with Crippen LogP contribution < -0.4 is 10.2 Å². The molecule has 6 nitrogen and oxygen atoms in total. The molecule has 6 heteroatoms. The number of aromatic nitrogens is 1. The minimum atomic E-state index is -0.755. The van der Waals surface area contributed by atoms with Gasteiger partial charge < -0.3 is 4.57 Å². The number of para-hydroxylation sites is 1. The molecular weight excluding hydrogens is 366 g/mol. The number of aryl methyl sites for hydroxylation is 1. The Morgan fingerprint density at radius 1 is 1.03 bits per heavy atom. The summed E-state index contributed by atoms with van der Waals surface area (Å²) in [6, 6.07) is 13.9. The molecule has 29 heavy (non-hydrogen) atoms. The van der Waals surface area contributed by atoms with Gasteiger partial charge in [-0.05, 0) is 31.2 Å². The lowest BCUT2D eigenvalue weighted by Gasteiger charge is -2.26. The molecule has 2 heterocycles. The molecule has 0 radical (unpaired) electrons. The van der Waals surface area contributed by atoms with E-state index < -0.39 is 17.8 Å². The second kappa shape index (κ2) is 7.24. The summed E-state index contributed by atoms with van der Waals surface area (Å²) in [7, 11) is 0. The Labute approximate surface area is 167 Å². The zero-order valence-corrected chi connectivity index (χ0v) is 15.9. The fourth-order valence-corrected chi connectivity index (χ4v) is 3.42. The number of benzene rings is 2. The standard InChI is InChI=1S/C23H19N3O3/c1-3-12-25-14-16(18-6-4-5-7-20(18)25)13-19-21(27)24-23(29)26(22(19)28)17-10-8-15(2)9-11-17/h3-11,13-14H,1,12H2,2H3,(H,24,27,29)/b19-13+. The van der Waals surface area contributed by atoms with E-state index in [1.165, 1.54) is 6.08 Å². The molecule has 0 saturated carbocycles. The van der Waals surface area contributed by atoms with E-state index in [1.54, 1.807) is 30.3 Å². The highest BCUT2D eigenvalue weighted by molar-refractivity contribution is 6.39. The third-order valence-corrected chi connectivity index (χ3v) is 4.84. The van der Waals surface area contributed by atoms with Crippen LogP contribution in [-0.4, -0.2) is 22.4 Å². The second-order valence-corrected chi connectivity index (χ2v) is 6.84. The predicted octanol–water partition coefficient (Wildman–Crippen LogP) is 3.80. The van der Waals surface area contributed by atoms with Crippen LogP contribution in [0.4, 0.5) is 10.5 Å². The topological polar surface area (TPSA) is 71.4 Å². The van der Waals surface area contributed by atoms with Crippen molar-refractivity contribution >= 4 is 40.5 Å². The zero-order valence-electron chi connectivity index (χ0n) is 15.9. The van der Waals surface area contributed by atoms with Crippen LogP contribution in [0.2, 0.25) is 0 Å². The fourth-order valence-electron chi connectivity index (χ4n) is 3.42. The molecule has 1 N–H and O–H groups in total. The first-order valence-electron chi connectivity index (χ1n) is 9.16. The van der Waals surface area contributed by atoms with Crippen molar-refractivity contribution in [3.05, 3.63) is 84.1 Å². The molecule has 3 aromatic rings. The van der Waals surface area contributed by atoms with Crippen LogP contribution in [-0.2, 0) is 16.1 Å². The third kappa shape index (κ3) is 3.25. The summed E-state index contributed by atoms with van der Waals surface area (Å²) in [6.07, 6.45) is 5.18. The number of allylic oxidation sites excluding steroid dienone is 1. The van der Waals surface area contributed by atoms with Crippen LogP contribution in [0.3, 0.4) is 0 Å². The molecule has 0 bridgehead atoms. The van der Waals surface area contributed by atoms with Crippen molar-refractivity contribution < 1.29 is 14.4 Å². The Morgan fingerprint density at radius 2 is 1.76 bits per heavy atom. The molecule has 0 aliphatic carbocycles. The molecule has 1 aliphatic heterocycles. The minimum Gasteiger partial charge on any atom is -0.343 e. The number of hydrogen-bond donors (Lipinski definition) is 1. The Hall–Kier alpha value is -3.93. The molecular formula is C23H19N3O3. The van der Waals surface area contributed by atoms with Gasteiger partial charge in [0, 0.05) is 29.2 Å². The fraction of sp³-hybridized carbons (Fsp3) is 0.0870. The highest BCUT2D eigenvalue weighted by atomic mass is 16.2. The monoisotopic (exact) mass is 385 g/mol. The van der Waals surface area contributed by atoms with E-state index in [1.807, 2.05) is 42.0 Å². The van der Waals surface area contributed by atoms with Crippen molar-refractivity contribution in [1.82, 2.24) is 9.88 Å².